The molecule has 8 nitrogen and oxygen atoms in total. The lowest BCUT2D eigenvalue weighted by atomic mass is 10.0. The topological polar surface area (TPSA) is 123 Å². The molecular weight excluding hydrogens is 468 g/mol. The van der Waals surface area contributed by atoms with Gasteiger partial charge in [-0.15, -0.1) is 0 Å². The van der Waals surface area contributed by atoms with Gasteiger partial charge < -0.3 is 10.2 Å². The van der Waals surface area contributed by atoms with E-state index in [1.54, 1.807) is 84.9 Å². The van der Waals surface area contributed by atoms with E-state index in [9.17, 15) is 19.8 Å². The van der Waals surface area contributed by atoms with Gasteiger partial charge in [-0.3, -0.25) is 9.59 Å². The van der Waals surface area contributed by atoms with Crippen molar-refractivity contribution in [1.82, 2.24) is 10.9 Å². The zero-order valence-electron chi connectivity index (χ0n) is 19.7. The zero-order valence-corrected chi connectivity index (χ0v) is 19.7. The van der Waals surface area contributed by atoms with Crippen LogP contribution < -0.4 is 10.9 Å². The number of carbonyl (C=O) groups excluding carboxylic acids is 2. The highest BCUT2D eigenvalue weighted by molar-refractivity contribution is 5.95. The van der Waals surface area contributed by atoms with Gasteiger partial charge in [0.2, 0.25) is 0 Å². The number of phenols is 2. The highest BCUT2D eigenvalue weighted by atomic mass is 16.3. The number of benzene rings is 4. The van der Waals surface area contributed by atoms with Crippen molar-refractivity contribution in [3.05, 3.63) is 130 Å². The second-order valence-electron chi connectivity index (χ2n) is 8.09. The van der Waals surface area contributed by atoms with Crippen molar-refractivity contribution in [1.29, 1.82) is 0 Å². The SMILES string of the molecule is O=C(N/N=C/c1cc(Cc2ccc(O)c(/C=N/NC(=O)c3ccccc3)c2)ccc1O)c1ccccc1. The molecule has 0 aliphatic rings. The summed E-state index contributed by atoms with van der Waals surface area (Å²) in [5.41, 5.74) is 8.47. The molecule has 4 N–H and O–H groups in total. The van der Waals surface area contributed by atoms with Crippen molar-refractivity contribution in [2.75, 3.05) is 0 Å². The summed E-state index contributed by atoms with van der Waals surface area (Å²) >= 11 is 0. The van der Waals surface area contributed by atoms with Crippen molar-refractivity contribution in [2.45, 2.75) is 6.42 Å². The zero-order chi connectivity index (χ0) is 26.0. The van der Waals surface area contributed by atoms with Gasteiger partial charge in [0.1, 0.15) is 11.5 Å². The maximum absolute atomic E-state index is 12.1. The highest BCUT2D eigenvalue weighted by Crippen LogP contribution is 2.22. The summed E-state index contributed by atoms with van der Waals surface area (Å²) in [7, 11) is 0. The predicted molar refractivity (Wildman–Crippen MR) is 142 cm³/mol. The van der Waals surface area contributed by atoms with E-state index in [2.05, 4.69) is 21.1 Å². The van der Waals surface area contributed by atoms with Crippen LogP contribution in [0.5, 0.6) is 11.5 Å². The van der Waals surface area contributed by atoms with Gasteiger partial charge in [0.05, 0.1) is 12.4 Å². The van der Waals surface area contributed by atoms with E-state index in [-0.39, 0.29) is 23.3 Å². The van der Waals surface area contributed by atoms with Crippen LogP contribution in [0.4, 0.5) is 0 Å². The van der Waals surface area contributed by atoms with E-state index in [1.165, 1.54) is 12.4 Å². The summed E-state index contributed by atoms with van der Waals surface area (Å²) in [6, 6.07) is 27.5. The summed E-state index contributed by atoms with van der Waals surface area (Å²) in [6.07, 6.45) is 3.25. The number of carbonyl (C=O) groups is 2. The Morgan fingerprint density at radius 1 is 0.622 bits per heavy atom. The van der Waals surface area contributed by atoms with Gasteiger partial charge in [-0.05, 0) is 66.1 Å². The first-order valence-electron chi connectivity index (χ1n) is 11.4. The van der Waals surface area contributed by atoms with Crippen LogP contribution in [0, 0.1) is 0 Å². The minimum Gasteiger partial charge on any atom is -0.507 e. The first-order valence-corrected chi connectivity index (χ1v) is 11.4. The van der Waals surface area contributed by atoms with E-state index in [1.807, 2.05) is 12.1 Å². The molecule has 8 heteroatoms. The van der Waals surface area contributed by atoms with Crippen LogP contribution in [-0.2, 0) is 6.42 Å². The molecule has 0 aromatic heterocycles. The van der Waals surface area contributed by atoms with Gasteiger partial charge in [0, 0.05) is 22.3 Å². The molecule has 37 heavy (non-hydrogen) atoms. The largest absolute Gasteiger partial charge is 0.507 e. The van der Waals surface area contributed by atoms with Crippen LogP contribution in [-0.4, -0.2) is 34.5 Å². The van der Waals surface area contributed by atoms with Crippen LogP contribution >= 0.6 is 0 Å². The first-order chi connectivity index (χ1) is 18.0. The van der Waals surface area contributed by atoms with Crippen molar-refractivity contribution < 1.29 is 19.8 Å². The molecule has 2 amide bonds. The van der Waals surface area contributed by atoms with Gasteiger partial charge in [-0.1, -0.05) is 48.5 Å². The first kappa shape index (κ1) is 24.9. The number of rotatable bonds is 8. The average Bonchev–Trinajstić information content (AvgIpc) is 2.93. The number of nitrogens with zero attached hydrogens (tertiary/aromatic N) is 2. The molecule has 4 rings (SSSR count). The fourth-order valence-corrected chi connectivity index (χ4v) is 3.50. The second kappa shape index (κ2) is 11.9. The van der Waals surface area contributed by atoms with E-state index in [4.69, 9.17) is 0 Å². The number of nitrogens with one attached hydrogen (secondary N) is 2. The summed E-state index contributed by atoms with van der Waals surface area (Å²) in [6.45, 7) is 0. The van der Waals surface area contributed by atoms with Crippen LogP contribution in [0.25, 0.3) is 0 Å². The van der Waals surface area contributed by atoms with Gasteiger partial charge in [-0.2, -0.15) is 10.2 Å². The maximum atomic E-state index is 12.1. The molecule has 0 saturated heterocycles. The predicted octanol–water partition coefficient (Wildman–Crippen LogP) is 4.22. The fourth-order valence-electron chi connectivity index (χ4n) is 3.50. The van der Waals surface area contributed by atoms with E-state index in [0.29, 0.717) is 28.7 Å². The molecule has 4 aromatic rings. The Morgan fingerprint density at radius 3 is 1.43 bits per heavy atom. The van der Waals surface area contributed by atoms with Crippen molar-refractivity contribution in [2.24, 2.45) is 10.2 Å². The smallest absolute Gasteiger partial charge is 0.271 e. The molecule has 0 heterocycles. The normalized spacial score (nSPS) is 11.0. The van der Waals surface area contributed by atoms with Crippen molar-refractivity contribution in [3.8, 4) is 11.5 Å². The molecule has 0 spiro atoms. The molecule has 4 aromatic carbocycles. The third-order valence-electron chi connectivity index (χ3n) is 5.40. The summed E-state index contributed by atoms with van der Waals surface area (Å²) in [5, 5.41) is 28.3. The molecule has 0 radical (unpaired) electrons. The Morgan fingerprint density at radius 2 is 1.03 bits per heavy atom. The number of phenolic OH excluding ortho intramolecular Hbond substituents is 2. The lowest BCUT2D eigenvalue weighted by Crippen LogP contribution is -2.17. The van der Waals surface area contributed by atoms with Gasteiger partial charge in [-0.25, -0.2) is 10.9 Å². The average molecular weight is 493 g/mol. The Labute approximate surface area is 213 Å². The third-order valence-corrected chi connectivity index (χ3v) is 5.40. The molecule has 0 bridgehead atoms. The second-order valence-corrected chi connectivity index (χ2v) is 8.09. The number of hydrogen-bond donors (Lipinski definition) is 4. The Bertz CT molecular complexity index is 1340. The highest BCUT2D eigenvalue weighted by Gasteiger charge is 2.07. The Kier molecular flexibility index (Phi) is 8.03. The standard InChI is InChI=1S/C29H24N4O4/c34-26-13-11-20(16-24(26)18-30-32-28(36)22-7-3-1-4-8-22)15-21-12-14-27(35)25(17-21)19-31-33-29(37)23-9-5-2-6-10-23/h1-14,16-19,34-35H,15H2,(H,32,36)(H,33,37)/b30-18+,31-19+. The molecule has 0 aliphatic carbocycles. The van der Waals surface area contributed by atoms with Gasteiger partial charge in [0.25, 0.3) is 11.8 Å². The quantitative estimate of drug-likeness (QED) is 0.217. The fraction of sp³-hybridized carbons (Fsp3) is 0.0345. The third kappa shape index (κ3) is 6.89. The molecule has 0 unspecified atom stereocenters. The molecule has 184 valence electrons. The molecule has 0 fully saturated rings. The summed E-state index contributed by atoms with van der Waals surface area (Å²) < 4.78 is 0. The lowest BCUT2D eigenvalue weighted by molar-refractivity contribution is 0.0947. The van der Waals surface area contributed by atoms with Crippen LogP contribution in [0.2, 0.25) is 0 Å². The minimum atomic E-state index is -0.356. The van der Waals surface area contributed by atoms with Crippen LogP contribution in [0.15, 0.2) is 107 Å². The Balaban J connectivity index is 1.41. The maximum Gasteiger partial charge on any atom is 0.271 e. The molecular formula is C29H24N4O4. The number of hydrazone groups is 2. The van der Waals surface area contributed by atoms with Gasteiger partial charge >= 0.3 is 0 Å². The monoisotopic (exact) mass is 492 g/mol. The number of hydrogen-bond acceptors (Lipinski definition) is 6. The lowest BCUT2D eigenvalue weighted by Gasteiger charge is -2.07. The van der Waals surface area contributed by atoms with Crippen LogP contribution in [0.3, 0.4) is 0 Å². The van der Waals surface area contributed by atoms with Crippen molar-refractivity contribution in [3.63, 3.8) is 0 Å². The number of amides is 2. The number of aromatic hydroxyl groups is 2. The van der Waals surface area contributed by atoms with E-state index >= 15 is 0 Å². The molecule has 0 atom stereocenters. The molecule has 0 aliphatic heterocycles. The van der Waals surface area contributed by atoms with E-state index < -0.39 is 0 Å². The minimum absolute atomic E-state index is 0.0224. The molecule has 0 saturated carbocycles. The van der Waals surface area contributed by atoms with Gasteiger partial charge in [0.15, 0.2) is 0 Å². The van der Waals surface area contributed by atoms with Crippen molar-refractivity contribution >= 4 is 24.2 Å². The summed E-state index contributed by atoms with van der Waals surface area (Å²) in [5.74, 6) is -0.667. The summed E-state index contributed by atoms with van der Waals surface area (Å²) in [4.78, 5) is 24.3. The van der Waals surface area contributed by atoms with E-state index in [0.717, 1.165) is 11.1 Å². The van der Waals surface area contributed by atoms with Crippen LogP contribution in [0.1, 0.15) is 43.0 Å². The Hall–Kier alpha value is -5.24.